The van der Waals surface area contributed by atoms with Crippen molar-refractivity contribution in [3.05, 3.63) is 42.0 Å². The van der Waals surface area contributed by atoms with Crippen LogP contribution in [0.1, 0.15) is 10.4 Å². The van der Waals surface area contributed by atoms with E-state index in [9.17, 15) is 9.90 Å². The van der Waals surface area contributed by atoms with Gasteiger partial charge in [-0.3, -0.25) is 0 Å². The molecular weight excluding hydrogens is 232 g/mol. The van der Waals surface area contributed by atoms with Gasteiger partial charge in [0.05, 0.1) is 16.6 Å². The standard InChI is InChI=1S/C13H8N2O3/c16-10-6-5-9-12(11(10)13(17)18)15-8-4-2-1-3-7(8)14-9/h1-6,16H,(H,17,18). The van der Waals surface area contributed by atoms with Gasteiger partial charge in [0.15, 0.2) is 0 Å². The highest BCUT2D eigenvalue weighted by Crippen LogP contribution is 2.26. The van der Waals surface area contributed by atoms with Gasteiger partial charge in [0.25, 0.3) is 0 Å². The van der Waals surface area contributed by atoms with Crippen LogP contribution >= 0.6 is 0 Å². The van der Waals surface area contributed by atoms with Crippen LogP contribution in [-0.2, 0) is 0 Å². The fourth-order valence-electron chi connectivity index (χ4n) is 1.89. The van der Waals surface area contributed by atoms with E-state index in [1.165, 1.54) is 6.07 Å². The molecule has 88 valence electrons. The van der Waals surface area contributed by atoms with Crippen molar-refractivity contribution < 1.29 is 15.0 Å². The summed E-state index contributed by atoms with van der Waals surface area (Å²) in [6.45, 7) is 0. The molecule has 0 unspecified atom stereocenters. The normalized spacial score (nSPS) is 10.9. The molecule has 0 fully saturated rings. The molecular formula is C13H8N2O3. The van der Waals surface area contributed by atoms with Gasteiger partial charge in [0.2, 0.25) is 0 Å². The summed E-state index contributed by atoms with van der Waals surface area (Å²) in [7, 11) is 0. The Labute approximate surface area is 101 Å². The van der Waals surface area contributed by atoms with Crippen LogP contribution in [0.3, 0.4) is 0 Å². The molecule has 0 radical (unpaired) electrons. The zero-order valence-corrected chi connectivity index (χ0v) is 9.16. The number of hydrogen-bond acceptors (Lipinski definition) is 4. The minimum atomic E-state index is -1.22. The Morgan fingerprint density at radius 3 is 2.28 bits per heavy atom. The zero-order chi connectivity index (χ0) is 12.7. The lowest BCUT2D eigenvalue weighted by atomic mass is 10.1. The van der Waals surface area contributed by atoms with E-state index in [0.29, 0.717) is 16.6 Å². The van der Waals surface area contributed by atoms with Crippen LogP contribution < -0.4 is 0 Å². The van der Waals surface area contributed by atoms with E-state index in [-0.39, 0.29) is 16.8 Å². The van der Waals surface area contributed by atoms with Crippen molar-refractivity contribution in [2.75, 3.05) is 0 Å². The molecule has 5 nitrogen and oxygen atoms in total. The first-order valence-corrected chi connectivity index (χ1v) is 5.28. The maximum absolute atomic E-state index is 11.1. The number of aromatic hydroxyl groups is 1. The van der Waals surface area contributed by atoms with Crippen molar-refractivity contribution in [2.45, 2.75) is 0 Å². The minimum Gasteiger partial charge on any atom is -0.507 e. The second-order valence-corrected chi connectivity index (χ2v) is 3.84. The topological polar surface area (TPSA) is 83.3 Å². The highest BCUT2D eigenvalue weighted by Gasteiger charge is 2.16. The second-order valence-electron chi connectivity index (χ2n) is 3.84. The Morgan fingerprint density at radius 1 is 0.944 bits per heavy atom. The van der Waals surface area contributed by atoms with Crippen molar-refractivity contribution in [1.29, 1.82) is 0 Å². The number of hydrogen-bond donors (Lipinski definition) is 2. The predicted octanol–water partition coefficient (Wildman–Crippen LogP) is 2.19. The van der Waals surface area contributed by atoms with Gasteiger partial charge in [-0.25, -0.2) is 14.8 Å². The highest BCUT2D eigenvalue weighted by molar-refractivity contribution is 6.04. The van der Waals surface area contributed by atoms with E-state index in [4.69, 9.17) is 5.11 Å². The average molecular weight is 240 g/mol. The quantitative estimate of drug-likeness (QED) is 0.637. The Kier molecular flexibility index (Phi) is 2.13. The number of fused-ring (bicyclic) bond motifs is 2. The van der Waals surface area contributed by atoms with Crippen molar-refractivity contribution in [2.24, 2.45) is 0 Å². The molecule has 0 aliphatic heterocycles. The van der Waals surface area contributed by atoms with Crippen molar-refractivity contribution in [3.8, 4) is 5.75 Å². The lowest BCUT2D eigenvalue weighted by Crippen LogP contribution is -2.01. The molecule has 18 heavy (non-hydrogen) atoms. The zero-order valence-electron chi connectivity index (χ0n) is 9.16. The number of nitrogens with zero attached hydrogens (tertiary/aromatic N) is 2. The van der Waals surface area contributed by atoms with Crippen LogP contribution in [0, 0.1) is 0 Å². The third-order valence-electron chi connectivity index (χ3n) is 2.70. The van der Waals surface area contributed by atoms with Gasteiger partial charge in [0, 0.05) is 0 Å². The Morgan fingerprint density at radius 2 is 1.61 bits per heavy atom. The Hall–Kier alpha value is -2.69. The van der Waals surface area contributed by atoms with E-state index >= 15 is 0 Å². The van der Waals surface area contributed by atoms with Crippen molar-refractivity contribution in [3.63, 3.8) is 0 Å². The first-order valence-electron chi connectivity index (χ1n) is 5.28. The molecule has 0 bridgehead atoms. The fourth-order valence-corrected chi connectivity index (χ4v) is 1.89. The largest absolute Gasteiger partial charge is 0.507 e. The van der Waals surface area contributed by atoms with Crippen LogP contribution in [0.25, 0.3) is 22.1 Å². The number of carboxylic acids is 1. The van der Waals surface area contributed by atoms with Gasteiger partial charge in [-0.15, -0.1) is 0 Å². The summed E-state index contributed by atoms with van der Waals surface area (Å²) in [5.74, 6) is -1.53. The van der Waals surface area contributed by atoms with Crippen LogP contribution in [0.5, 0.6) is 5.75 Å². The summed E-state index contributed by atoms with van der Waals surface area (Å²) in [5, 5.41) is 18.7. The predicted molar refractivity (Wildman–Crippen MR) is 65.7 cm³/mol. The van der Waals surface area contributed by atoms with Crippen LogP contribution in [0.2, 0.25) is 0 Å². The summed E-state index contributed by atoms with van der Waals surface area (Å²) >= 11 is 0. The number of benzene rings is 2. The SMILES string of the molecule is O=C(O)c1c(O)ccc2nc3ccccc3nc12. The second kappa shape index (κ2) is 3.66. The van der Waals surface area contributed by atoms with Gasteiger partial charge >= 0.3 is 5.97 Å². The summed E-state index contributed by atoms with van der Waals surface area (Å²) in [6.07, 6.45) is 0. The average Bonchev–Trinajstić information content (AvgIpc) is 2.36. The molecule has 3 rings (SSSR count). The molecule has 2 N–H and O–H groups in total. The van der Waals surface area contributed by atoms with Gasteiger partial charge in [-0.05, 0) is 24.3 Å². The summed E-state index contributed by atoms with van der Waals surface area (Å²) in [4.78, 5) is 19.7. The van der Waals surface area contributed by atoms with Gasteiger partial charge in [0.1, 0.15) is 16.8 Å². The number of carbonyl (C=O) groups is 1. The fraction of sp³-hybridized carbons (Fsp3) is 0. The van der Waals surface area contributed by atoms with E-state index in [0.717, 1.165) is 0 Å². The number of para-hydroxylation sites is 2. The number of aromatic carboxylic acids is 1. The molecule has 0 amide bonds. The van der Waals surface area contributed by atoms with Gasteiger partial charge in [-0.2, -0.15) is 0 Å². The lowest BCUT2D eigenvalue weighted by molar-refractivity contribution is 0.0696. The van der Waals surface area contributed by atoms with Gasteiger partial charge in [-0.1, -0.05) is 12.1 Å². The van der Waals surface area contributed by atoms with E-state index in [1.54, 1.807) is 24.3 Å². The van der Waals surface area contributed by atoms with Crippen LogP contribution in [0.4, 0.5) is 0 Å². The molecule has 0 atom stereocenters. The van der Waals surface area contributed by atoms with E-state index in [2.05, 4.69) is 9.97 Å². The van der Waals surface area contributed by atoms with E-state index in [1.807, 2.05) is 6.07 Å². The summed E-state index contributed by atoms with van der Waals surface area (Å²) in [5.41, 5.74) is 1.71. The Balaban J connectivity index is 2.50. The Bertz CT molecular complexity index is 784. The molecule has 3 aromatic rings. The smallest absolute Gasteiger partial charge is 0.341 e. The number of rotatable bonds is 1. The third kappa shape index (κ3) is 1.45. The summed E-state index contributed by atoms with van der Waals surface area (Å²) < 4.78 is 0. The maximum Gasteiger partial charge on any atom is 0.341 e. The lowest BCUT2D eigenvalue weighted by Gasteiger charge is -2.05. The molecule has 5 heteroatoms. The van der Waals surface area contributed by atoms with Crippen molar-refractivity contribution in [1.82, 2.24) is 9.97 Å². The van der Waals surface area contributed by atoms with Crippen LogP contribution in [-0.4, -0.2) is 26.2 Å². The molecule has 0 saturated carbocycles. The summed E-state index contributed by atoms with van der Waals surface area (Å²) in [6, 6.07) is 10.0. The molecule has 0 aliphatic rings. The highest BCUT2D eigenvalue weighted by atomic mass is 16.4. The number of carboxylic acid groups (broad SMARTS) is 1. The van der Waals surface area contributed by atoms with Crippen molar-refractivity contribution >= 4 is 28.0 Å². The molecule has 0 spiro atoms. The monoisotopic (exact) mass is 240 g/mol. The van der Waals surface area contributed by atoms with E-state index < -0.39 is 5.97 Å². The first kappa shape index (κ1) is 10.5. The van der Waals surface area contributed by atoms with Gasteiger partial charge < -0.3 is 10.2 Å². The third-order valence-corrected chi connectivity index (χ3v) is 2.70. The van der Waals surface area contributed by atoms with Crippen LogP contribution in [0.15, 0.2) is 36.4 Å². The molecule has 1 heterocycles. The minimum absolute atomic E-state index is 0.196. The molecule has 0 aliphatic carbocycles. The number of phenols is 1. The first-order chi connectivity index (χ1) is 8.66. The maximum atomic E-state index is 11.1. The number of aromatic nitrogens is 2. The molecule has 0 saturated heterocycles. The molecule has 2 aromatic carbocycles. The molecule has 1 aromatic heterocycles.